The second kappa shape index (κ2) is 7.11. The van der Waals surface area contributed by atoms with Crippen LogP contribution in [0.4, 0.5) is 10.1 Å². The van der Waals surface area contributed by atoms with Gasteiger partial charge in [-0.15, -0.1) is 0 Å². The van der Waals surface area contributed by atoms with Gasteiger partial charge in [0.2, 0.25) is 5.91 Å². The molecule has 0 aliphatic carbocycles. The standard InChI is InChI=1S/C18H16ClFN2O3/c1-21-18(24)16-10-22(14-7-2-3-8-15(14)25-16)17(23)9-11-12(19)5-4-6-13(11)20/h2-8,16H,9-10H2,1H3,(H,21,24)/t16-/m1/s1. The van der Waals surface area contributed by atoms with Gasteiger partial charge < -0.3 is 15.0 Å². The number of fused-ring (bicyclic) bond motifs is 1. The minimum absolute atomic E-state index is 0.0432. The molecule has 0 radical (unpaired) electrons. The summed E-state index contributed by atoms with van der Waals surface area (Å²) in [5.41, 5.74) is 0.676. The maximum atomic E-state index is 14.0. The monoisotopic (exact) mass is 362 g/mol. The van der Waals surface area contributed by atoms with Gasteiger partial charge in [0.05, 0.1) is 18.7 Å². The maximum Gasteiger partial charge on any atom is 0.262 e. The van der Waals surface area contributed by atoms with Crippen molar-refractivity contribution in [2.45, 2.75) is 12.5 Å². The number of hydrogen-bond donors (Lipinski definition) is 1. The average Bonchev–Trinajstić information content (AvgIpc) is 2.63. The van der Waals surface area contributed by atoms with Crippen LogP contribution in [0.2, 0.25) is 5.02 Å². The Morgan fingerprint density at radius 1 is 1.28 bits per heavy atom. The van der Waals surface area contributed by atoms with Crippen molar-refractivity contribution in [3.8, 4) is 5.75 Å². The molecule has 2 aromatic carbocycles. The van der Waals surface area contributed by atoms with E-state index >= 15 is 0 Å². The number of para-hydroxylation sites is 2. The van der Waals surface area contributed by atoms with Crippen molar-refractivity contribution in [3.05, 3.63) is 58.9 Å². The zero-order valence-corrected chi connectivity index (χ0v) is 14.2. The largest absolute Gasteiger partial charge is 0.477 e. The molecule has 0 saturated carbocycles. The van der Waals surface area contributed by atoms with Gasteiger partial charge in [-0.3, -0.25) is 9.59 Å². The number of rotatable bonds is 3. The van der Waals surface area contributed by atoms with Gasteiger partial charge >= 0.3 is 0 Å². The molecule has 1 heterocycles. The highest BCUT2D eigenvalue weighted by Crippen LogP contribution is 2.34. The second-order valence-electron chi connectivity index (χ2n) is 5.57. The summed E-state index contributed by atoms with van der Waals surface area (Å²) in [5.74, 6) is -0.812. The summed E-state index contributed by atoms with van der Waals surface area (Å²) in [6.07, 6.45) is -1.04. The Morgan fingerprint density at radius 3 is 2.76 bits per heavy atom. The fourth-order valence-electron chi connectivity index (χ4n) is 2.72. The molecule has 0 spiro atoms. The van der Waals surface area contributed by atoms with Gasteiger partial charge in [0, 0.05) is 17.6 Å². The first kappa shape index (κ1) is 17.2. The molecule has 7 heteroatoms. The highest BCUT2D eigenvalue weighted by molar-refractivity contribution is 6.31. The molecule has 25 heavy (non-hydrogen) atoms. The van der Waals surface area contributed by atoms with Crippen molar-refractivity contribution in [2.75, 3.05) is 18.5 Å². The molecule has 130 valence electrons. The number of halogens is 2. The van der Waals surface area contributed by atoms with Crippen molar-refractivity contribution < 1.29 is 18.7 Å². The van der Waals surface area contributed by atoms with E-state index in [2.05, 4.69) is 5.32 Å². The molecule has 0 fully saturated rings. The molecular weight excluding hydrogens is 347 g/mol. The smallest absolute Gasteiger partial charge is 0.262 e. The predicted octanol–water partition coefficient (Wildman–Crippen LogP) is 2.56. The van der Waals surface area contributed by atoms with Crippen LogP contribution in [-0.2, 0) is 16.0 Å². The van der Waals surface area contributed by atoms with Crippen molar-refractivity contribution in [3.63, 3.8) is 0 Å². The number of nitrogens with zero attached hydrogens (tertiary/aromatic N) is 1. The Bertz CT molecular complexity index is 807. The number of amides is 2. The van der Waals surface area contributed by atoms with E-state index < -0.39 is 11.9 Å². The van der Waals surface area contributed by atoms with E-state index in [0.717, 1.165) is 0 Å². The van der Waals surface area contributed by atoms with Crippen LogP contribution in [0.15, 0.2) is 42.5 Å². The van der Waals surface area contributed by atoms with Crippen LogP contribution in [-0.4, -0.2) is 31.5 Å². The highest BCUT2D eigenvalue weighted by atomic mass is 35.5. The maximum absolute atomic E-state index is 14.0. The average molecular weight is 363 g/mol. The van der Waals surface area contributed by atoms with Gasteiger partial charge in [-0.25, -0.2) is 4.39 Å². The van der Waals surface area contributed by atoms with Gasteiger partial charge in [0.25, 0.3) is 5.91 Å². The summed E-state index contributed by atoms with van der Waals surface area (Å²) in [7, 11) is 1.50. The van der Waals surface area contributed by atoms with Crippen LogP contribution in [0.1, 0.15) is 5.56 Å². The van der Waals surface area contributed by atoms with Crippen molar-refractivity contribution in [1.29, 1.82) is 0 Å². The van der Waals surface area contributed by atoms with E-state index in [9.17, 15) is 14.0 Å². The first-order chi connectivity index (χ1) is 12.0. The summed E-state index contributed by atoms with van der Waals surface area (Å²) < 4.78 is 19.6. The first-order valence-corrected chi connectivity index (χ1v) is 8.09. The predicted molar refractivity (Wildman–Crippen MR) is 92.4 cm³/mol. The van der Waals surface area contributed by atoms with E-state index in [4.69, 9.17) is 16.3 Å². The van der Waals surface area contributed by atoms with E-state index in [1.54, 1.807) is 24.3 Å². The number of ether oxygens (including phenoxy) is 1. The fraction of sp³-hybridized carbons (Fsp3) is 0.222. The Morgan fingerprint density at radius 2 is 2.04 bits per heavy atom. The van der Waals surface area contributed by atoms with Crippen LogP contribution in [0, 0.1) is 5.82 Å². The lowest BCUT2D eigenvalue weighted by Gasteiger charge is -2.34. The molecule has 1 atom stereocenters. The molecule has 2 amide bonds. The number of hydrogen-bond acceptors (Lipinski definition) is 3. The number of anilines is 1. The van der Waals surface area contributed by atoms with E-state index in [1.165, 1.54) is 30.1 Å². The SMILES string of the molecule is CNC(=O)[C@H]1CN(C(=O)Cc2c(F)cccc2Cl)c2ccccc2O1. The third kappa shape index (κ3) is 3.44. The molecule has 3 rings (SSSR count). The Kier molecular flexibility index (Phi) is 4.90. The molecule has 1 aliphatic rings. The molecule has 0 bridgehead atoms. The zero-order valence-electron chi connectivity index (χ0n) is 13.5. The fourth-order valence-corrected chi connectivity index (χ4v) is 2.95. The number of carbonyl (C=O) groups excluding carboxylic acids is 2. The second-order valence-corrected chi connectivity index (χ2v) is 5.98. The highest BCUT2D eigenvalue weighted by Gasteiger charge is 2.33. The van der Waals surface area contributed by atoms with Gasteiger partial charge in [0.15, 0.2) is 6.10 Å². The molecule has 0 unspecified atom stereocenters. The molecule has 0 aromatic heterocycles. The van der Waals surface area contributed by atoms with Crippen LogP contribution in [0.5, 0.6) is 5.75 Å². The van der Waals surface area contributed by atoms with E-state index in [0.29, 0.717) is 11.4 Å². The molecule has 0 saturated heterocycles. The van der Waals surface area contributed by atoms with E-state index in [-0.39, 0.29) is 35.4 Å². The quantitative estimate of drug-likeness (QED) is 0.913. The Labute approximate surface area is 149 Å². The lowest BCUT2D eigenvalue weighted by molar-refractivity contribution is -0.127. The van der Waals surface area contributed by atoms with Gasteiger partial charge in [0.1, 0.15) is 11.6 Å². The summed E-state index contributed by atoms with van der Waals surface area (Å²) in [6.45, 7) is 0.0432. The van der Waals surface area contributed by atoms with Gasteiger partial charge in [-0.05, 0) is 24.3 Å². The lowest BCUT2D eigenvalue weighted by atomic mass is 10.1. The van der Waals surface area contributed by atoms with Crippen LogP contribution < -0.4 is 15.0 Å². The number of carbonyl (C=O) groups is 2. The number of nitrogens with one attached hydrogen (secondary N) is 1. The minimum Gasteiger partial charge on any atom is -0.477 e. The summed E-state index contributed by atoms with van der Waals surface area (Å²) >= 11 is 6.01. The molecular formula is C18H16ClFN2O3. The van der Waals surface area contributed by atoms with Gasteiger partial charge in [-0.2, -0.15) is 0 Å². The molecule has 1 aliphatic heterocycles. The first-order valence-electron chi connectivity index (χ1n) is 7.71. The minimum atomic E-state index is -0.833. The van der Waals surface area contributed by atoms with Gasteiger partial charge in [-0.1, -0.05) is 29.8 Å². The molecule has 2 aromatic rings. The topological polar surface area (TPSA) is 58.6 Å². The molecule has 1 N–H and O–H groups in total. The van der Waals surface area contributed by atoms with Crippen molar-refractivity contribution in [1.82, 2.24) is 5.32 Å². The van der Waals surface area contributed by atoms with Crippen molar-refractivity contribution >= 4 is 29.1 Å². The Hall–Kier alpha value is -2.60. The van der Waals surface area contributed by atoms with Crippen LogP contribution in [0.25, 0.3) is 0 Å². The Balaban J connectivity index is 1.91. The summed E-state index contributed by atoms with van der Waals surface area (Å²) in [6, 6.07) is 11.2. The van der Waals surface area contributed by atoms with Crippen molar-refractivity contribution in [2.24, 2.45) is 0 Å². The zero-order chi connectivity index (χ0) is 18.0. The van der Waals surface area contributed by atoms with Crippen LogP contribution >= 0.6 is 11.6 Å². The number of benzene rings is 2. The lowest BCUT2D eigenvalue weighted by Crippen LogP contribution is -2.50. The summed E-state index contributed by atoms with van der Waals surface area (Å²) in [4.78, 5) is 26.2. The normalized spacial score (nSPS) is 16.0. The van der Waals surface area contributed by atoms with Crippen LogP contribution in [0.3, 0.4) is 0 Å². The summed E-state index contributed by atoms with van der Waals surface area (Å²) in [5, 5.41) is 2.70. The molecule has 5 nitrogen and oxygen atoms in total. The van der Waals surface area contributed by atoms with E-state index in [1.807, 2.05) is 0 Å². The third-order valence-electron chi connectivity index (χ3n) is 4.00. The number of likely N-dealkylation sites (N-methyl/N-ethyl adjacent to an activating group) is 1. The third-order valence-corrected chi connectivity index (χ3v) is 4.36.